The van der Waals surface area contributed by atoms with Crippen molar-refractivity contribution >= 4 is 45.4 Å². The number of carbonyl (C=O) groups excluding carboxylic acids is 1. The number of hydrogen-bond acceptors (Lipinski definition) is 6. The number of ether oxygens (including phenoxy) is 1. The minimum atomic E-state index is -0.898. The molecule has 8 heteroatoms. The van der Waals surface area contributed by atoms with Gasteiger partial charge in [-0.05, 0) is 43.0 Å². The largest absolute Gasteiger partial charge is 0.384 e. The molecule has 5 rings (SSSR count). The number of benzene rings is 2. The van der Waals surface area contributed by atoms with Gasteiger partial charge < -0.3 is 26.1 Å². The average molecular weight is 471 g/mol. The summed E-state index contributed by atoms with van der Waals surface area (Å²) in [5, 5.41) is 4.41. The third-order valence-electron chi connectivity index (χ3n) is 6.73. The maximum absolute atomic E-state index is 12.5. The number of imidazole rings is 1. The van der Waals surface area contributed by atoms with Crippen LogP contribution in [0, 0.1) is 0 Å². The molecule has 2 aromatic carbocycles. The Labute approximate surface area is 204 Å². The lowest BCUT2D eigenvalue weighted by molar-refractivity contribution is -0.121. The highest BCUT2D eigenvalue weighted by atomic mass is 16.5. The van der Waals surface area contributed by atoms with Gasteiger partial charge in [0.2, 0.25) is 5.91 Å². The van der Waals surface area contributed by atoms with Gasteiger partial charge in [-0.3, -0.25) is 4.79 Å². The van der Waals surface area contributed by atoms with E-state index in [9.17, 15) is 4.79 Å². The number of carbonyl (C=O) groups is 1. The van der Waals surface area contributed by atoms with Gasteiger partial charge in [-0.1, -0.05) is 42.5 Å². The molecule has 1 unspecified atom stereocenters. The third kappa shape index (κ3) is 4.21. The Bertz CT molecular complexity index is 1430. The quantitative estimate of drug-likeness (QED) is 0.319. The summed E-state index contributed by atoms with van der Waals surface area (Å²) in [6.45, 7) is 1.30. The van der Waals surface area contributed by atoms with E-state index in [0.29, 0.717) is 25.3 Å². The van der Waals surface area contributed by atoms with E-state index in [1.54, 1.807) is 7.11 Å². The first-order chi connectivity index (χ1) is 17.0. The number of methoxy groups -OCH3 is 1. The molecule has 0 saturated carbocycles. The number of unbranched alkanes of at least 4 members (excludes halogenated alkanes) is 1. The topological polar surface area (TPSA) is 121 Å². The normalized spacial score (nSPS) is 16.9. The molecular formula is C27H30N6O2. The highest BCUT2D eigenvalue weighted by molar-refractivity contribution is 6.06. The Hall–Kier alpha value is -3.91. The van der Waals surface area contributed by atoms with Gasteiger partial charge in [0, 0.05) is 31.1 Å². The van der Waals surface area contributed by atoms with Crippen LogP contribution in [-0.2, 0) is 22.5 Å². The molecule has 3 heterocycles. The minimum absolute atomic E-state index is 0.373. The van der Waals surface area contributed by atoms with Gasteiger partial charge in [0.1, 0.15) is 16.9 Å². The van der Waals surface area contributed by atoms with Crippen LogP contribution in [0.5, 0.6) is 0 Å². The number of nitrogens with zero attached hydrogens (tertiary/aromatic N) is 3. The second-order valence-corrected chi connectivity index (χ2v) is 8.97. The molecule has 8 nitrogen and oxygen atoms in total. The molecule has 1 aliphatic heterocycles. The van der Waals surface area contributed by atoms with Crippen molar-refractivity contribution in [2.45, 2.75) is 37.8 Å². The molecule has 4 aromatic rings. The molecule has 0 fully saturated rings. The number of amides is 1. The number of pyridine rings is 1. The van der Waals surface area contributed by atoms with Crippen LogP contribution in [-0.4, -0.2) is 39.7 Å². The zero-order chi connectivity index (χ0) is 24.4. The molecule has 5 N–H and O–H groups in total. The fraction of sp³-hybridized carbons (Fsp3) is 0.296. The number of nitrogen functional groups attached to an aromatic ring is 1. The summed E-state index contributed by atoms with van der Waals surface area (Å²) in [5.74, 6) is 0.974. The Balaban J connectivity index is 1.40. The number of aromatic nitrogens is 3. The molecule has 2 aromatic heterocycles. The number of hydrogen-bond donors (Lipinski definition) is 3. The summed E-state index contributed by atoms with van der Waals surface area (Å²) in [6, 6.07) is 15.9. The first-order valence-corrected chi connectivity index (χ1v) is 11.9. The van der Waals surface area contributed by atoms with Crippen LogP contribution in [0.25, 0.3) is 28.0 Å². The molecule has 0 aliphatic carbocycles. The zero-order valence-electron chi connectivity index (χ0n) is 19.8. The van der Waals surface area contributed by atoms with Crippen LogP contribution in [0.1, 0.15) is 30.7 Å². The Morgan fingerprint density at radius 3 is 2.74 bits per heavy atom. The third-order valence-corrected chi connectivity index (χ3v) is 6.73. The van der Waals surface area contributed by atoms with Crippen molar-refractivity contribution in [1.82, 2.24) is 14.5 Å². The van der Waals surface area contributed by atoms with Crippen molar-refractivity contribution in [2.75, 3.05) is 24.8 Å². The van der Waals surface area contributed by atoms with E-state index in [1.165, 1.54) is 0 Å². The van der Waals surface area contributed by atoms with Crippen LogP contribution >= 0.6 is 0 Å². The predicted octanol–water partition coefficient (Wildman–Crippen LogP) is 3.89. The maximum atomic E-state index is 12.5. The molecule has 0 saturated heterocycles. The van der Waals surface area contributed by atoms with Crippen LogP contribution in [0.2, 0.25) is 0 Å². The highest BCUT2D eigenvalue weighted by Gasteiger charge is 2.35. The molecule has 1 atom stereocenters. The van der Waals surface area contributed by atoms with Gasteiger partial charge in [0.25, 0.3) is 0 Å². The molecule has 1 amide bonds. The van der Waals surface area contributed by atoms with Crippen molar-refractivity contribution < 1.29 is 9.53 Å². The second kappa shape index (κ2) is 9.38. The number of primary amides is 1. The lowest BCUT2D eigenvalue weighted by Crippen LogP contribution is -2.50. The Kier molecular flexibility index (Phi) is 6.13. The monoisotopic (exact) mass is 470 g/mol. The van der Waals surface area contributed by atoms with Crippen LogP contribution < -0.4 is 16.8 Å². The number of nitrogens with one attached hydrogen (secondary N) is 1. The van der Waals surface area contributed by atoms with Gasteiger partial charge in [-0.25, -0.2) is 9.97 Å². The molecule has 0 spiro atoms. The van der Waals surface area contributed by atoms with E-state index in [-0.39, 0.29) is 5.91 Å². The van der Waals surface area contributed by atoms with Crippen molar-refractivity contribution in [3.05, 3.63) is 66.0 Å². The second-order valence-electron chi connectivity index (χ2n) is 8.97. The van der Waals surface area contributed by atoms with Crippen LogP contribution in [0.3, 0.4) is 0 Å². The van der Waals surface area contributed by atoms with Gasteiger partial charge in [0.05, 0.1) is 17.6 Å². The summed E-state index contributed by atoms with van der Waals surface area (Å²) in [6.07, 6.45) is 6.78. The molecule has 1 aliphatic rings. The lowest BCUT2D eigenvalue weighted by Gasteiger charge is -2.33. The van der Waals surface area contributed by atoms with Crippen LogP contribution in [0.15, 0.2) is 54.6 Å². The maximum Gasteiger partial charge on any atom is 0.247 e. The van der Waals surface area contributed by atoms with Crippen molar-refractivity contribution in [2.24, 2.45) is 5.73 Å². The summed E-state index contributed by atoms with van der Waals surface area (Å²) in [4.78, 5) is 21.9. The Morgan fingerprint density at radius 1 is 1.11 bits per heavy atom. The van der Waals surface area contributed by atoms with Crippen molar-refractivity contribution in [3.8, 4) is 0 Å². The molecule has 0 bridgehead atoms. The molecule has 35 heavy (non-hydrogen) atoms. The van der Waals surface area contributed by atoms with Crippen LogP contribution in [0.4, 0.5) is 11.5 Å². The van der Waals surface area contributed by atoms with Gasteiger partial charge >= 0.3 is 0 Å². The number of aryl methyl sites for hydroxylation is 1. The van der Waals surface area contributed by atoms with Crippen molar-refractivity contribution in [3.63, 3.8) is 0 Å². The van der Waals surface area contributed by atoms with E-state index < -0.39 is 5.54 Å². The van der Waals surface area contributed by atoms with E-state index in [4.69, 9.17) is 21.2 Å². The van der Waals surface area contributed by atoms with Crippen molar-refractivity contribution in [1.29, 1.82) is 0 Å². The van der Waals surface area contributed by atoms with Gasteiger partial charge in [-0.2, -0.15) is 0 Å². The smallest absolute Gasteiger partial charge is 0.247 e. The summed E-state index contributed by atoms with van der Waals surface area (Å²) < 4.78 is 7.55. The molecular weight excluding hydrogens is 440 g/mol. The number of nitrogens with two attached hydrogens (primary N) is 2. The van der Waals surface area contributed by atoms with E-state index >= 15 is 0 Å². The number of rotatable bonds is 9. The predicted molar refractivity (Wildman–Crippen MR) is 140 cm³/mol. The molecule has 180 valence electrons. The minimum Gasteiger partial charge on any atom is -0.384 e. The summed E-state index contributed by atoms with van der Waals surface area (Å²) in [5.41, 5.74) is 15.8. The summed E-state index contributed by atoms with van der Waals surface area (Å²) >= 11 is 0. The lowest BCUT2D eigenvalue weighted by atomic mass is 9.87. The zero-order valence-corrected chi connectivity index (χ0v) is 19.8. The first-order valence-electron chi connectivity index (χ1n) is 11.9. The number of fused-ring (bicyclic) bond motifs is 4. The standard InChI is InChI=1S/C27H30N6O2/c1-35-17-13-22-31-23-24(19-9-3-5-11-21(19)30-25(23)28)33(22)16-7-6-14-27(26(29)34)15-12-18-8-2-4-10-20(18)32-27/h2-5,8-12,15,32H,6-7,13-14,16-17H2,1H3,(H2,28,30)(H2,29,34). The van der Waals surface area contributed by atoms with Gasteiger partial charge in [0.15, 0.2) is 5.82 Å². The van der Waals surface area contributed by atoms with E-state index in [1.807, 2.05) is 54.6 Å². The SMILES string of the molecule is COCCc1nc2c(N)nc3ccccc3c2n1CCCCC1(C(N)=O)C=Cc2ccccc2N1. The number of anilines is 2. The first kappa shape index (κ1) is 22.9. The highest BCUT2D eigenvalue weighted by Crippen LogP contribution is 2.32. The molecule has 0 radical (unpaired) electrons. The average Bonchev–Trinajstić information content (AvgIpc) is 3.24. The Morgan fingerprint density at radius 2 is 1.91 bits per heavy atom. The summed E-state index contributed by atoms with van der Waals surface area (Å²) in [7, 11) is 1.68. The van der Waals surface area contributed by atoms with E-state index in [2.05, 4.69) is 20.9 Å². The van der Waals surface area contributed by atoms with E-state index in [0.717, 1.165) is 58.4 Å². The fourth-order valence-electron chi connectivity index (χ4n) is 4.89. The number of para-hydroxylation sites is 2. The van der Waals surface area contributed by atoms with Gasteiger partial charge in [-0.15, -0.1) is 0 Å². The fourth-order valence-corrected chi connectivity index (χ4v) is 4.89.